The van der Waals surface area contributed by atoms with E-state index in [1.165, 1.54) is 6.21 Å². The molecule has 2 aromatic rings. The van der Waals surface area contributed by atoms with Crippen molar-refractivity contribution in [1.29, 1.82) is 0 Å². The van der Waals surface area contributed by atoms with E-state index in [0.29, 0.717) is 45.9 Å². The molecule has 0 saturated carbocycles. The average molecular weight is 411 g/mol. The maximum Gasteiger partial charge on any atom is 0.240 e. The second-order valence-electron chi connectivity index (χ2n) is 5.40. The van der Waals surface area contributed by atoms with Gasteiger partial charge in [-0.1, -0.05) is 29.3 Å². The molecule has 0 bridgehead atoms. The number of carbonyl (C=O) groups is 1. The van der Waals surface area contributed by atoms with Gasteiger partial charge in [0.25, 0.3) is 0 Å². The summed E-state index contributed by atoms with van der Waals surface area (Å²) >= 11 is 11.8. The molecule has 6 nitrogen and oxygen atoms in total. The highest BCUT2D eigenvalue weighted by molar-refractivity contribution is 6.35. The zero-order valence-electron chi connectivity index (χ0n) is 15.0. The van der Waals surface area contributed by atoms with Crippen LogP contribution in [-0.4, -0.2) is 32.9 Å². The first-order chi connectivity index (χ1) is 13.0. The van der Waals surface area contributed by atoms with E-state index in [1.807, 2.05) is 6.07 Å². The van der Waals surface area contributed by atoms with Gasteiger partial charge in [-0.05, 0) is 36.8 Å². The van der Waals surface area contributed by atoms with Crippen molar-refractivity contribution in [1.82, 2.24) is 5.43 Å². The number of halogens is 2. The average Bonchev–Trinajstić information content (AvgIpc) is 2.66. The molecule has 0 spiro atoms. The van der Waals surface area contributed by atoms with Crippen LogP contribution in [0.1, 0.15) is 18.4 Å². The highest BCUT2D eigenvalue weighted by Crippen LogP contribution is 2.29. The Labute approximate surface area is 168 Å². The molecular weight excluding hydrogens is 391 g/mol. The van der Waals surface area contributed by atoms with Crippen molar-refractivity contribution in [3.05, 3.63) is 52.0 Å². The number of para-hydroxylation sites is 1. The van der Waals surface area contributed by atoms with Gasteiger partial charge in [0.2, 0.25) is 5.91 Å². The Morgan fingerprint density at radius 2 is 1.96 bits per heavy atom. The van der Waals surface area contributed by atoms with E-state index < -0.39 is 0 Å². The first-order valence-electron chi connectivity index (χ1n) is 8.16. The summed E-state index contributed by atoms with van der Waals surface area (Å²) in [5.41, 5.74) is 3.16. The first-order valence-corrected chi connectivity index (χ1v) is 8.91. The maximum atomic E-state index is 11.9. The molecule has 0 aliphatic heterocycles. The number of hydrazone groups is 1. The summed E-state index contributed by atoms with van der Waals surface area (Å²) < 4.78 is 16.0. The lowest BCUT2D eigenvalue weighted by Crippen LogP contribution is -2.18. The van der Waals surface area contributed by atoms with Crippen molar-refractivity contribution in [3.63, 3.8) is 0 Å². The molecule has 27 heavy (non-hydrogen) atoms. The van der Waals surface area contributed by atoms with Gasteiger partial charge >= 0.3 is 0 Å². The fraction of sp³-hybridized carbons (Fsp3) is 0.263. The Morgan fingerprint density at radius 1 is 1.15 bits per heavy atom. The number of hydrogen-bond donors (Lipinski definition) is 1. The van der Waals surface area contributed by atoms with Crippen molar-refractivity contribution >= 4 is 35.3 Å². The molecule has 144 valence electrons. The smallest absolute Gasteiger partial charge is 0.240 e. The van der Waals surface area contributed by atoms with Crippen LogP contribution in [0, 0.1) is 0 Å². The zero-order chi connectivity index (χ0) is 19.6. The Hall–Kier alpha value is -2.44. The number of amides is 1. The van der Waals surface area contributed by atoms with Gasteiger partial charge in [-0.2, -0.15) is 5.10 Å². The van der Waals surface area contributed by atoms with Crippen molar-refractivity contribution in [2.45, 2.75) is 12.8 Å². The van der Waals surface area contributed by atoms with Gasteiger partial charge in [0, 0.05) is 17.0 Å². The third kappa shape index (κ3) is 6.34. The Morgan fingerprint density at radius 3 is 2.67 bits per heavy atom. The Bertz CT molecular complexity index is 812. The lowest BCUT2D eigenvalue weighted by atomic mass is 10.2. The number of ether oxygens (including phenoxy) is 3. The van der Waals surface area contributed by atoms with Gasteiger partial charge in [-0.3, -0.25) is 4.79 Å². The quantitative estimate of drug-likeness (QED) is 0.379. The van der Waals surface area contributed by atoms with Gasteiger partial charge in [-0.15, -0.1) is 0 Å². The highest BCUT2D eigenvalue weighted by atomic mass is 35.5. The van der Waals surface area contributed by atoms with Crippen molar-refractivity contribution in [2.24, 2.45) is 5.10 Å². The molecule has 0 heterocycles. The standard InChI is InChI=1S/C19H20Cl2N2O4/c1-25-17-6-3-5-13(19(17)26-2)12-22-23-18(24)7-4-10-27-16-9-8-14(20)11-15(16)21/h3,5-6,8-9,11-12H,4,7,10H2,1-2H3,(H,23,24)/b22-12-. The Balaban J connectivity index is 1.77. The van der Waals surface area contributed by atoms with Crippen LogP contribution in [0.5, 0.6) is 17.2 Å². The summed E-state index contributed by atoms with van der Waals surface area (Å²) in [5.74, 6) is 1.44. The lowest BCUT2D eigenvalue weighted by molar-refractivity contribution is -0.121. The summed E-state index contributed by atoms with van der Waals surface area (Å²) in [6.45, 7) is 0.349. The van der Waals surface area contributed by atoms with Crippen LogP contribution in [0.15, 0.2) is 41.5 Å². The van der Waals surface area contributed by atoms with Gasteiger partial charge < -0.3 is 14.2 Å². The molecule has 0 saturated heterocycles. The number of nitrogens with one attached hydrogen (secondary N) is 1. The number of benzene rings is 2. The van der Waals surface area contributed by atoms with E-state index in [4.69, 9.17) is 37.4 Å². The topological polar surface area (TPSA) is 69.2 Å². The normalized spacial score (nSPS) is 10.7. The Kier molecular flexibility index (Phi) is 8.23. The summed E-state index contributed by atoms with van der Waals surface area (Å²) in [6.07, 6.45) is 2.28. The summed E-state index contributed by atoms with van der Waals surface area (Å²) in [5, 5.41) is 4.92. The highest BCUT2D eigenvalue weighted by Gasteiger charge is 2.08. The molecule has 0 radical (unpaired) electrons. The van der Waals surface area contributed by atoms with Crippen LogP contribution in [-0.2, 0) is 4.79 Å². The van der Waals surface area contributed by atoms with E-state index in [1.54, 1.807) is 44.6 Å². The van der Waals surface area contributed by atoms with Crippen LogP contribution >= 0.6 is 23.2 Å². The number of rotatable bonds is 9. The SMILES string of the molecule is COc1cccc(/C=N\NC(=O)CCCOc2ccc(Cl)cc2Cl)c1OC. The van der Waals surface area contributed by atoms with Crippen LogP contribution in [0.4, 0.5) is 0 Å². The molecule has 0 aromatic heterocycles. The monoisotopic (exact) mass is 410 g/mol. The number of hydrogen-bond acceptors (Lipinski definition) is 5. The van der Waals surface area contributed by atoms with Crippen molar-refractivity contribution in [2.75, 3.05) is 20.8 Å². The van der Waals surface area contributed by atoms with E-state index >= 15 is 0 Å². The molecule has 1 amide bonds. The van der Waals surface area contributed by atoms with Gasteiger partial charge in [0.1, 0.15) is 5.75 Å². The molecule has 2 aromatic carbocycles. The minimum absolute atomic E-state index is 0.223. The van der Waals surface area contributed by atoms with Gasteiger partial charge in [-0.25, -0.2) is 5.43 Å². The summed E-state index contributed by atoms with van der Waals surface area (Å²) in [6, 6.07) is 10.4. The van der Waals surface area contributed by atoms with E-state index in [2.05, 4.69) is 10.5 Å². The van der Waals surface area contributed by atoms with Crippen LogP contribution < -0.4 is 19.6 Å². The molecule has 1 N–H and O–H groups in total. The van der Waals surface area contributed by atoms with Crippen molar-refractivity contribution < 1.29 is 19.0 Å². The zero-order valence-corrected chi connectivity index (χ0v) is 16.5. The minimum Gasteiger partial charge on any atom is -0.493 e. The molecule has 0 aliphatic carbocycles. The third-order valence-electron chi connectivity index (χ3n) is 3.53. The van der Waals surface area contributed by atoms with E-state index in [0.717, 1.165) is 0 Å². The third-order valence-corrected chi connectivity index (χ3v) is 4.06. The van der Waals surface area contributed by atoms with Gasteiger partial charge in [0.05, 0.1) is 32.1 Å². The molecule has 8 heteroatoms. The van der Waals surface area contributed by atoms with Crippen LogP contribution in [0.3, 0.4) is 0 Å². The minimum atomic E-state index is -0.223. The predicted octanol–water partition coefficient (Wildman–Crippen LogP) is 4.32. The summed E-state index contributed by atoms with van der Waals surface area (Å²) in [7, 11) is 3.10. The molecule has 0 aliphatic rings. The maximum absolute atomic E-state index is 11.9. The predicted molar refractivity (Wildman–Crippen MR) is 106 cm³/mol. The fourth-order valence-corrected chi connectivity index (χ4v) is 2.71. The fourth-order valence-electron chi connectivity index (χ4n) is 2.25. The first kappa shape index (κ1) is 20.9. The van der Waals surface area contributed by atoms with Crippen molar-refractivity contribution in [3.8, 4) is 17.2 Å². The van der Waals surface area contributed by atoms with Gasteiger partial charge in [0.15, 0.2) is 11.5 Å². The van der Waals surface area contributed by atoms with E-state index in [-0.39, 0.29) is 12.3 Å². The van der Waals surface area contributed by atoms with Crippen LogP contribution in [0.2, 0.25) is 10.0 Å². The number of methoxy groups -OCH3 is 2. The summed E-state index contributed by atoms with van der Waals surface area (Å²) in [4.78, 5) is 11.9. The molecule has 0 atom stereocenters. The largest absolute Gasteiger partial charge is 0.493 e. The van der Waals surface area contributed by atoms with Crippen LogP contribution in [0.25, 0.3) is 0 Å². The molecular formula is C19H20Cl2N2O4. The second-order valence-corrected chi connectivity index (χ2v) is 6.25. The number of carbonyl (C=O) groups excluding carboxylic acids is 1. The second kappa shape index (κ2) is 10.6. The van der Waals surface area contributed by atoms with E-state index in [9.17, 15) is 4.79 Å². The lowest BCUT2D eigenvalue weighted by Gasteiger charge is -2.09. The molecule has 0 unspecified atom stereocenters. The number of nitrogens with zero attached hydrogens (tertiary/aromatic N) is 1. The molecule has 0 fully saturated rings. The molecule has 2 rings (SSSR count).